The van der Waals surface area contributed by atoms with Crippen molar-refractivity contribution >= 4 is 6.03 Å². The van der Waals surface area contributed by atoms with E-state index < -0.39 is 0 Å². The molecule has 0 aromatic carbocycles. The topological polar surface area (TPSA) is 63.2 Å². The summed E-state index contributed by atoms with van der Waals surface area (Å²) >= 11 is 0. The Morgan fingerprint density at radius 1 is 1.40 bits per heavy atom. The SMILES string of the molecule is COc1cc(CNC(=O)NC(C2CC2)C2CC2)ccn1. The molecule has 2 amide bonds. The van der Waals surface area contributed by atoms with Crippen LogP contribution in [0.2, 0.25) is 0 Å². The molecule has 1 aromatic heterocycles. The van der Waals surface area contributed by atoms with E-state index in [0.717, 1.165) is 5.56 Å². The van der Waals surface area contributed by atoms with E-state index in [1.807, 2.05) is 12.1 Å². The van der Waals surface area contributed by atoms with Crippen molar-refractivity contribution in [2.75, 3.05) is 7.11 Å². The Kier molecular flexibility index (Phi) is 3.76. The first-order valence-corrected chi connectivity index (χ1v) is 7.29. The van der Waals surface area contributed by atoms with E-state index in [1.54, 1.807) is 13.3 Å². The number of aromatic nitrogens is 1. The van der Waals surface area contributed by atoms with Crippen molar-refractivity contribution < 1.29 is 9.53 Å². The summed E-state index contributed by atoms with van der Waals surface area (Å²) in [5.41, 5.74) is 0.987. The number of nitrogens with zero attached hydrogens (tertiary/aromatic N) is 1. The standard InChI is InChI=1S/C15H21N3O2/c1-20-13-8-10(6-7-16-13)9-17-15(19)18-14(11-2-3-11)12-4-5-12/h6-8,11-12,14H,2-5,9H2,1H3,(H2,17,18,19). The average Bonchev–Trinajstić information content (AvgIpc) is 3.35. The van der Waals surface area contributed by atoms with Crippen molar-refractivity contribution in [1.82, 2.24) is 15.6 Å². The van der Waals surface area contributed by atoms with Gasteiger partial charge in [0.05, 0.1) is 7.11 Å². The van der Waals surface area contributed by atoms with Gasteiger partial charge in [0.25, 0.3) is 0 Å². The molecule has 108 valence electrons. The first-order valence-electron chi connectivity index (χ1n) is 7.29. The van der Waals surface area contributed by atoms with E-state index in [2.05, 4.69) is 15.6 Å². The molecule has 0 radical (unpaired) electrons. The van der Waals surface area contributed by atoms with Crippen LogP contribution in [0.5, 0.6) is 5.88 Å². The molecular formula is C15H21N3O2. The normalized spacial score (nSPS) is 17.9. The summed E-state index contributed by atoms with van der Waals surface area (Å²) in [5.74, 6) is 2.00. The first kappa shape index (κ1) is 13.2. The number of carbonyl (C=O) groups excluding carboxylic acids is 1. The Morgan fingerprint density at radius 2 is 2.10 bits per heavy atom. The molecule has 0 bridgehead atoms. The summed E-state index contributed by atoms with van der Waals surface area (Å²) in [6.07, 6.45) is 6.75. The molecule has 0 saturated heterocycles. The average molecular weight is 275 g/mol. The molecule has 5 heteroatoms. The number of carbonyl (C=O) groups is 1. The van der Waals surface area contributed by atoms with Crippen molar-refractivity contribution in [2.45, 2.75) is 38.3 Å². The Bertz CT molecular complexity index is 472. The molecule has 0 aliphatic heterocycles. The number of hydrogen-bond donors (Lipinski definition) is 2. The second-order valence-electron chi connectivity index (χ2n) is 5.73. The lowest BCUT2D eigenvalue weighted by atomic mass is 10.1. The summed E-state index contributed by atoms with van der Waals surface area (Å²) in [4.78, 5) is 16.0. The van der Waals surface area contributed by atoms with Gasteiger partial charge in [0.2, 0.25) is 5.88 Å². The zero-order chi connectivity index (χ0) is 13.9. The number of amides is 2. The molecule has 0 unspecified atom stereocenters. The minimum atomic E-state index is -0.0652. The van der Waals surface area contributed by atoms with Gasteiger partial charge in [-0.2, -0.15) is 0 Å². The first-order chi connectivity index (χ1) is 9.76. The van der Waals surface area contributed by atoms with Crippen molar-refractivity contribution in [3.05, 3.63) is 23.9 Å². The largest absolute Gasteiger partial charge is 0.481 e. The van der Waals surface area contributed by atoms with Crippen LogP contribution in [0.4, 0.5) is 4.79 Å². The number of urea groups is 1. The second kappa shape index (κ2) is 5.69. The van der Waals surface area contributed by atoms with E-state index in [4.69, 9.17) is 4.74 Å². The van der Waals surface area contributed by atoms with Gasteiger partial charge >= 0.3 is 6.03 Å². The van der Waals surface area contributed by atoms with Crippen molar-refractivity contribution in [1.29, 1.82) is 0 Å². The van der Waals surface area contributed by atoms with Crippen LogP contribution in [0.25, 0.3) is 0 Å². The summed E-state index contributed by atoms with van der Waals surface area (Å²) < 4.78 is 5.07. The highest BCUT2D eigenvalue weighted by atomic mass is 16.5. The van der Waals surface area contributed by atoms with Gasteiger partial charge in [-0.1, -0.05) is 0 Å². The Hall–Kier alpha value is -1.78. The van der Waals surface area contributed by atoms with Crippen molar-refractivity contribution in [2.24, 2.45) is 11.8 Å². The third-order valence-corrected chi connectivity index (χ3v) is 4.02. The molecule has 5 nitrogen and oxygen atoms in total. The van der Waals surface area contributed by atoms with E-state index in [1.165, 1.54) is 25.7 Å². The number of nitrogens with one attached hydrogen (secondary N) is 2. The maximum Gasteiger partial charge on any atom is 0.315 e. The molecule has 1 heterocycles. The van der Waals surface area contributed by atoms with Gasteiger partial charge < -0.3 is 15.4 Å². The van der Waals surface area contributed by atoms with Crippen LogP contribution in [0.15, 0.2) is 18.3 Å². The number of rotatable bonds is 6. The summed E-state index contributed by atoms with van der Waals surface area (Å²) in [6.45, 7) is 0.493. The van der Waals surface area contributed by atoms with Crippen LogP contribution in [0, 0.1) is 11.8 Å². The lowest BCUT2D eigenvalue weighted by Crippen LogP contribution is -2.44. The number of pyridine rings is 1. The van der Waals surface area contributed by atoms with Gasteiger partial charge in [-0.15, -0.1) is 0 Å². The molecule has 2 aliphatic rings. The summed E-state index contributed by atoms with van der Waals surface area (Å²) in [5, 5.41) is 6.06. The van der Waals surface area contributed by atoms with Crippen LogP contribution in [-0.4, -0.2) is 24.2 Å². The third-order valence-electron chi connectivity index (χ3n) is 4.02. The lowest BCUT2D eigenvalue weighted by Gasteiger charge is -2.18. The fourth-order valence-electron chi connectivity index (χ4n) is 2.59. The van der Waals surface area contributed by atoms with Gasteiger partial charge in [0, 0.05) is 24.8 Å². The van der Waals surface area contributed by atoms with Gasteiger partial charge in [-0.05, 0) is 49.1 Å². The molecule has 20 heavy (non-hydrogen) atoms. The maximum atomic E-state index is 12.0. The molecule has 2 N–H and O–H groups in total. The zero-order valence-corrected chi connectivity index (χ0v) is 11.8. The number of ether oxygens (including phenoxy) is 1. The second-order valence-corrected chi connectivity index (χ2v) is 5.73. The van der Waals surface area contributed by atoms with Crippen LogP contribution in [-0.2, 0) is 6.54 Å². The monoisotopic (exact) mass is 275 g/mol. The highest BCUT2D eigenvalue weighted by Gasteiger charge is 2.42. The highest BCUT2D eigenvalue weighted by Crippen LogP contribution is 2.44. The Morgan fingerprint density at radius 3 is 2.70 bits per heavy atom. The molecule has 2 saturated carbocycles. The summed E-state index contributed by atoms with van der Waals surface area (Å²) in [6, 6.07) is 4.04. The van der Waals surface area contributed by atoms with Gasteiger partial charge in [-0.25, -0.2) is 9.78 Å². The van der Waals surface area contributed by atoms with E-state index in [0.29, 0.717) is 30.3 Å². The molecule has 2 fully saturated rings. The molecular weight excluding hydrogens is 254 g/mol. The lowest BCUT2D eigenvalue weighted by molar-refractivity contribution is 0.233. The van der Waals surface area contributed by atoms with Crippen molar-refractivity contribution in [3.63, 3.8) is 0 Å². The quantitative estimate of drug-likeness (QED) is 0.835. The third kappa shape index (κ3) is 3.40. The van der Waals surface area contributed by atoms with Crippen LogP contribution in [0.1, 0.15) is 31.2 Å². The fraction of sp³-hybridized carbons (Fsp3) is 0.600. The van der Waals surface area contributed by atoms with E-state index in [-0.39, 0.29) is 6.03 Å². The van der Waals surface area contributed by atoms with Gasteiger partial charge in [-0.3, -0.25) is 0 Å². The predicted octanol–water partition coefficient (Wildman–Crippen LogP) is 2.08. The van der Waals surface area contributed by atoms with Crippen molar-refractivity contribution in [3.8, 4) is 5.88 Å². The Balaban J connectivity index is 1.48. The molecule has 0 atom stereocenters. The molecule has 0 spiro atoms. The number of methoxy groups -OCH3 is 1. The fourth-order valence-corrected chi connectivity index (χ4v) is 2.59. The van der Waals surface area contributed by atoms with E-state index >= 15 is 0 Å². The van der Waals surface area contributed by atoms with E-state index in [9.17, 15) is 4.79 Å². The predicted molar refractivity (Wildman–Crippen MR) is 75.4 cm³/mol. The van der Waals surface area contributed by atoms with Crippen LogP contribution in [0.3, 0.4) is 0 Å². The highest BCUT2D eigenvalue weighted by molar-refractivity contribution is 5.74. The van der Waals surface area contributed by atoms with Crippen LogP contribution >= 0.6 is 0 Å². The minimum Gasteiger partial charge on any atom is -0.481 e. The van der Waals surface area contributed by atoms with Gasteiger partial charge in [0.1, 0.15) is 0 Å². The molecule has 3 rings (SSSR count). The maximum absolute atomic E-state index is 12.0. The summed E-state index contributed by atoms with van der Waals surface area (Å²) in [7, 11) is 1.59. The molecule has 2 aliphatic carbocycles. The Labute approximate surface area is 119 Å². The molecule has 1 aromatic rings. The zero-order valence-electron chi connectivity index (χ0n) is 11.8. The minimum absolute atomic E-state index is 0.0652. The van der Waals surface area contributed by atoms with Gasteiger partial charge in [0.15, 0.2) is 0 Å². The smallest absolute Gasteiger partial charge is 0.315 e. The number of hydrogen-bond acceptors (Lipinski definition) is 3. The van der Waals surface area contributed by atoms with Crippen LogP contribution < -0.4 is 15.4 Å².